The lowest BCUT2D eigenvalue weighted by molar-refractivity contribution is -0.150. The molecule has 0 fully saturated rings. The largest absolute Gasteiger partial charge is 0.462 e. The van der Waals surface area contributed by atoms with Gasteiger partial charge in [-0.05, 0) is 96.7 Å². The van der Waals surface area contributed by atoms with Gasteiger partial charge >= 0.3 is 11.9 Å². The molecular weight excluding hydrogens is 777 g/mol. The average molecular weight is 875 g/mol. The third-order valence-corrected chi connectivity index (χ3v) is 12.5. The van der Waals surface area contributed by atoms with Gasteiger partial charge in [-0.15, -0.1) is 0 Å². The van der Waals surface area contributed by atoms with Crippen LogP contribution in [-0.2, 0) is 28.7 Å². The molecule has 2 amide bonds. The number of ether oxygens (including phenoxy) is 2. The predicted octanol–water partition coefficient (Wildman–Crippen LogP) is 12.5. The van der Waals surface area contributed by atoms with Crippen LogP contribution in [0.2, 0.25) is 0 Å². The van der Waals surface area contributed by atoms with Gasteiger partial charge in [0.25, 0.3) is 11.8 Å². The van der Waals surface area contributed by atoms with E-state index in [1.54, 1.807) is 7.05 Å². The van der Waals surface area contributed by atoms with Gasteiger partial charge in [0, 0.05) is 26.4 Å². The molecule has 0 aromatic heterocycles. The normalized spacial score (nSPS) is 13.3. The lowest BCUT2D eigenvalue weighted by Crippen LogP contribution is -2.31. The van der Waals surface area contributed by atoms with E-state index in [0.717, 1.165) is 135 Å². The van der Waals surface area contributed by atoms with Gasteiger partial charge < -0.3 is 25.0 Å². The number of unbranched alkanes of at least 4 members (excludes halogenated alkanes) is 23. The number of likely N-dealkylation sites (N-methyl/N-ethyl adjacent to an activating group) is 1. The van der Waals surface area contributed by atoms with Crippen LogP contribution in [0.15, 0.2) is 11.4 Å². The van der Waals surface area contributed by atoms with Crippen LogP contribution < -0.4 is 16.0 Å². The number of amides is 2. The lowest BCUT2D eigenvalue weighted by atomic mass is 10.0. The van der Waals surface area contributed by atoms with Gasteiger partial charge in [0.15, 0.2) is 0 Å². The molecule has 1 aliphatic heterocycles. The highest BCUT2D eigenvalue weighted by molar-refractivity contribution is 6.18. The van der Waals surface area contributed by atoms with Gasteiger partial charge in [0.2, 0.25) is 0 Å². The molecule has 0 saturated heterocycles. The molecule has 0 aromatic rings. The molecule has 1 atom stereocenters. The highest BCUT2D eigenvalue weighted by atomic mass is 16.5. The molecule has 0 saturated carbocycles. The van der Waals surface area contributed by atoms with Gasteiger partial charge in [-0.25, -0.2) is 0 Å². The monoisotopic (exact) mass is 875 g/mol. The van der Waals surface area contributed by atoms with Crippen LogP contribution in [0.5, 0.6) is 0 Å². The summed E-state index contributed by atoms with van der Waals surface area (Å²) in [5.74, 6) is -0.809. The first kappa shape index (κ1) is 57.4. The Morgan fingerprint density at radius 1 is 0.484 bits per heavy atom. The van der Waals surface area contributed by atoms with Crippen molar-refractivity contribution in [2.75, 3.05) is 33.2 Å². The number of imide groups is 1. The van der Waals surface area contributed by atoms with E-state index in [1.165, 1.54) is 96.3 Å². The Balaban J connectivity index is 2.44. The van der Waals surface area contributed by atoms with E-state index in [-0.39, 0.29) is 36.0 Å². The van der Waals surface area contributed by atoms with Crippen molar-refractivity contribution in [3.63, 3.8) is 0 Å². The average Bonchev–Trinajstić information content (AvgIpc) is 3.54. The van der Waals surface area contributed by atoms with Gasteiger partial charge in [-0.3, -0.25) is 24.5 Å². The predicted molar refractivity (Wildman–Crippen MR) is 258 cm³/mol. The van der Waals surface area contributed by atoms with E-state index in [2.05, 4.69) is 48.5 Å². The molecule has 3 N–H and O–H groups in total. The van der Waals surface area contributed by atoms with E-state index in [9.17, 15) is 19.2 Å². The molecule has 0 spiro atoms. The summed E-state index contributed by atoms with van der Waals surface area (Å²) >= 11 is 0. The second-order valence-corrected chi connectivity index (χ2v) is 18.2. The molecule has 1 heterocycles. The first-order valence-corrected chi connectivity index (χ1v) is 26.4. The van der Waals surface area contributed by atoms with Crippen LogP contribution in [0.1, 0.15) is 252 Å². The van der Waals surface area contributed by atoms with E-state index in [4.69, 9.17) is 9.47 Å². The molecule has 10 nitrogen and oxygen atoms in total. The van der Waals surface area contributed by atoms with Crippen LogP contribution in [-0.4, -0.2) is 74.1 Å². The minimum absolute atomic E-state index is 0.00679. The molecule has 0 aliphatic carbocycles. The first-order valence-electron chi connectivity index (χ1n) is 26.4. The van der Waals surface area contributed by atoms with Crippen molar-refractivity contribution in [3.8, 4) is 0 Å². The Morgan fingerprint density at radius 3 is 1.31 bits per heavy atom. The van der Waals surface area contributed by atoms with Crippen LogP contribution in [0, 0.1) is 0 Å². The molecule has 1 aliphatic rings. The van der Waals surface area contributed by atoms with Crippen molar-refractivity contribution in [3.05, 3.63) is 11.4 Å². The summed E-state index contributed by atoms with van der Waals surface area (Å²) in [7, 11) is 1.65. The van der Waals surface area contributed by atoms with Crippen molar-refractivity contribution in [1.29, 1.82) is 0 Å². The number of nitrogens with one attached hydrogen (secondary N) is 3. The zero-order valence-corrected chi connectivity index (χ0v) is 41.1. The van der Waals surface area contributed by atoms with Crippen LogP contribution in [0.3, 0.4) is 0 Å². The summed E-state index contributed by atoms with van der Waals surface area (Å²) in [6, 6.07) is 0. The number of carbonyl (C=O) groups is 4. The zero-order chi connectivity index (χ0) is 45.3. The molecular formula is C52H98N4O6. The first-order chi connectivity index (χ1) is 30.3. The second-order valence-electron chi connectivity index (χ2n) is 18.2. The summed E-state index contributed by atoms with van der Waals surface area (Å²) in [6.45, 7) is 12.4. The van der Waals surface area contributed by atoms with Gasteiger partial charge in [0.1, 0.15) is 23.6 Å². The number of rotatable bonds is 46. The Kier molecular flexibility index (Phi) is 38.1. The molecule has 1 unspecified atom stereocenters. The van der Waals surface area contributed by atoms with Gasteiger partial charge in [0.05, 0.1) is 0 Å². The zero-order valence-electron chi connectivity index (χ0n) is 41.1. The van der Waals surface area contributed by atoms with Crippen molar-refractivity contribution < 1.29 is 28.7 Å². The fourth-order valence-corrected chi connectivity index (χ4v) is 8.54. The van der Waals surface area contributed by atoms with Crippen LogP contribution in [0.25, 0.3) is 0 Å². The fraction of sp³-hybridized carbons (Fsp3) is 0.885. The van der Waals surface area contributed by atoms with E-state index in [0.29, 0.717) is 30.8 Å². The van der Waals surface area contributed by atoms with Gasteiger partial charge in [-0.2, -0.15) is 0 Å². The molecule has 10 heteroatoms. The minimum atomic E-state index is -0.389. The number of hydrogen-bond acceptors (Lipinski definition) is 9. The standard InChI is InChI=1S/C52H98N4O6/c1-6-10-13-16-21-28-36-45(9-4)61-47(57)39-31-24-19-26-33-42-56(44-35-41-54-50-49(53-5)51(59)55-52(50)60)43-34-27-20-25-32-40-48(58)62-46(37-29-22-17-14-11-7-2)38-30-23-18-15-12-8-3/h45-46H,6-44H2,1-5H3,(H3,53,54,55,59,60). The topological polar surface area (TPSA) is 126 Å². The molecule has 0 aromatic carbocycles. The smallest absolute Gasteiger partial charge is 0.306 e. The Labute approximate surface area is 381 Å². The van der Waals surface area contributed by atoms with Crippen LogP contribution >= 0.6 is 0 Å². The summed E-state index contributed by atoms with van der Waals surface area (Å²) in [4.78, 5) is 52.2. The van der Waals surface area contributed by atoms with Crippen molar-refractivity contribution in [1.82, 2.24) is 20.9 Å². The van der Waals surface area contributed by atoms with E-state index >= 15 is 0 Å². The molecule has 0 bridgehead atoms. The highest BCUT2D eigenvalue weighted by Crippen LogP contribution is 2.19. The second kappa shape index (κ2) is 41.1. The molecule has 362 valence electrons. The third-order valence-electron chi connectivity index (χ3n) is 12.5. The summed E-state index contributed by atoms with van der Waals surface area (Å²) < 4.78 is 11.9. The lowest BCUT2D eigenvalue weighted by Gasteiger charge is -2.22. The molecule has 0 radical (unpaired) electrons. The highest BCUT2D eigenvalue weighted by Gasteiger charge is 2.29. The number of esters is 2. The van der Waals surface area contributed by atoms with E-state index in [1.807, 2.05) is 0 Å². The van der Waals surface area contributed by atoms with Crippen LogP contribution in [0.4, 0.5) is 0 Å². The number of hydrogen-bond donors (Lipinski definition) is 3. The van der Waals surface area contributed by atoms with E-state index < -0.39 is 0 Å². The Hall–Kier alpha value is -2.62. The number of carbonyl (C=O) groups excluding carboxylic acids is 4. The van der Waals surface area contributed by atoms with Crippen molar-refractivity contribution in [2.24, 2.45) is 0 Å². The quantitative estimate of drug-likeness (QED) is 0.0311. The maximum atomic E-state index is 12.9. The Bertz CT molecular complexity index is 1150. The maximum Gasteiger partial charge on any atom is 0.306 e. The molecule has 1 rings (SSSR count). The SMILES string of the molecule is CCCCCCCCC(CC)OC(=O)CCCCCCCN(CCCCCCCC(=O)OC(CCCCCCCC)CCCCCCCC)CCCNC1=C(NC)C(=O)NC1=O. The van der Waals surface area contributed by atoms with Crippen molar-refractivity contribution >= 4 is 23.8 Å². The Morgan fingerprint density at radius 2 is 0.855 bits per heavy atom. The fourth-order valence-electron chi connectivity index (χ4n) is 8.54. The maximum absolute atomic E-state index is 12.9. The minimum Gasteiger partial charge on any atom is -0.462 e. The summed E-state index contributed by atoms with van der Waals surface area (Å²) in [5.41, 5.74) is 0.624. The van der Waals surface area contributed by atoms with Crippen molar-refractivity contribution in [2.45, 2.75) is 265 Å². The van der Waals surface area contributed by atoms with Gasteiger partial charge in [-0.1, -0.05) is 163 Å². The summed E-state index contributed by atoms with van der Waals surface area (Å²) in [5, 5.41) is 8.37. The third kappa shape index (κ3) is 31.3. The number of nitrogens with zero attached hydrogens (tertiary/aromatic N) is 1. The molecule has 62 heavy (non-hydrogen) atoms. The summed E-state index contributed by atoms with van der Waals surface area (Å²) in [6.07, 6.45) is 39.3.